The van der Waals surface area contributed by atoms with Crippen LogP contribution >= 0.6 is 15.9 Å². The molecule has 1 aliphatic heterocycles. The largest absolute Gasteiger partial charge is 0.371 e. The summed E-state index contributed by atoms with van der Waals surface area (Å²) in [5.74, 6) is 0.652. The maximum atomic E-state index is 11.0. The van der Waals surface area contributed by atoms with E-state index in [1.54, 1.807) is 6.92 Å². The zero-order valence-electron chi connectivity index (χ0n) is 12.7. The molecule has 1 atom stereocenters. The number of benzene rings is 1. The van der Waals surface area contributed by atoms with Gasteiger partial charge in [0.25, 0.3) is 0 Å². The van der Waals surface area contributed by atoms with Gasteiger partial charge < -0.3 is 16.0 Å². The van der Waals surface area contributed by atoms with Gasteiger partial charge in [-0.1, -0.05) is 6.07 Å². The first-order chi connectivity index (χ1) is 9.97. The van der Waals surface area contributed by atoms with Crippen molar-refractivity contribution in [3.05, 3.63) is 28.2 Å². The van der Waals surface area contributed by atoms with E-state index < -0.39 is 0 Å². The molecular formula is C16H24BrN3O. The van der Waals surface area contributed by atoms with Gasteiger partial charge in [0.15, 0.2) is 0 Å². The number of halogens is 1. The molecule has 1 unspecified atom stereocenters. The average molecular weight is 354 g/mol. The Labute approximate surface area is 135 Å². The number of nitrogens with zero attached hydrogens (tertiary/aromatic N) is 1. The van der Waals surface area contributed by atoms with Crippen molar-refractivity contribution in [2.75, 3.05) is 24.5 Å². The normalized spacial score (nSPS) is 17.6. The first-order valence-corrected chi connectivity index (χ1v) is 8.31. The highest BCUT2D eigenvalue weighted by Gasteiger charge is 2.21. The molecule has 1 amide bonds. The maximum absolute atomic E-state index is 11.0. The second-order valence-electron chi connectivity index (χ2n) is 5.87. The van der Waals surface area contributed by atoms with Crippen LogP contribution in [0.15, 0.2) is 22.7 Å². The van der Waals surface area contributed by atoms with Gasteiger partial charge in [-0.3, -0.25) is 4.79 Å². The molecule has 0 aromatic heterocycles. The minimum absolute atomic E-state index is 0.0544. The van der Waals surface area contributed by atoms with Gasteiger partial charge >= 0.3 is 0 Å². The Morgan fingerprint density at radius 1 is 1.48 bits per heavy atom. The van der Waals surface area contributed by atoms with Crippen LogP contribution < -0.4 is 16.0 Å². The van der Waals surface area contributed by atoms with Crippen molar-refractivity contribution in [1.82, 2.24) is 5.32 Å². The van der Waals surface area contributed by atoms with Gasteiger partial charge in [0.1, 0.15) is 0 Å². The van der Waals surface area contributed by atoms with Crippen molar-refractivity contribution in [1.29, 1.82) is 0 Å². The van der Waals surface area contributed by atoms with E-state index in [9.17, 15) is 4.79 Å². The summed E-state index contributed by atoms with van der Waals surface area (Å²) in [5.41, 5.74) is 8.30. The van der Waals surface area contributed by atoms with Crippen molar-refractivity contribution in [3.63, 3.8) is 0 Å². The summed E-state index contributed by atoms with van der Waals surface area (Å²) in [6.45, 7) is 6.43. The van der Waals surface area contributed by atoms with Crippen LogP contribution in [0, 0.1) is 5.92 Å². The Balaban J connectivity index is 1.94. The molecule has 0 aliphatic carbocycles. The standard InChI is InChI=1S/C16H24BrN3O/c1-11(18)14-3-4-16(15(17)9-14)20-7-5-13(6-8-20)10-19-12(2)21/h3-4,9,11,13H,5-8,10,18H2,1-2H3,(H,19,21). The third kappa shape index (κ3) is 4.45. The molecular weight excluding hydrogens is 330 g/mol. The molecule has 2 rings (SSSR count). The Morgan fingerprint density at radius 3 is 2.67 bits per heavy atom. The van der Waals surface area contributed by atoms with Gasteiger partial charge in [0.2, 0.25) is 5.91 Å². The van der Waals surface area contributed by atoms with E-state index >= 15 is 0 Å². The van der Waals surface area contributed by atoms with Crippen molar-refractivity contribution < 1.29 is 4.79 Å². The molecule has 0 saturated carbocycles. The zero-order valence-corrected chi connectivity index (χ0v) is 14.3. The first kappa shape index (κ1) is 16.3. The molecule has 116 valence electrons. The molecule has 1 fully saturated rings. The van der Waals surface area contributed by atoms with Gasteiger partial charge in [-0.25, -0.2) is 0 Å². The molecule has 3 N–H and O–H groups in total. The fraction of sp³-hybridized carbons (Fsp3) is 0.562. The number of hydrogen-bond acceptors (Lipinski definition) is 3. The van der Waals surface area contributed by atoms with E-state index in [-0.39, 0.29) is 11.9 Å². The topological polar surface area (TPSA) is 58.4 Å². The predicted molar refractivity (Wildman–Crippen MR) is 90.4 cm³/mol. The fourth-order valence-corrected chi connectivity index (χ4v) is 3.38. The second-order valence-corrected chi connectivity index (χ2v) is 6.72. The van der Waals surface area contributed by atoms with Gasteiger partial charge in [0, 0.05) is 37.1 Å². The number of amides is 1. The lowest BCUT2D eigenvalue weighted by Gasteiger charge is -2.34. The number of rotatable bonds is 4. The van der Waals surface area contributed by atoms with Crippen LogP contribution in [-0.4, -0.2) is 25.5 Å². The van der Waals surface area contributed by atoms with Crippen LogP contribution in [0.1, 0.15) is 38.3 Å². The van der Waals surface area contributed by atoms with Gasteiger partial charge in [-0.05, 0) is 59.3 Å². The number of anilines is 1. The predicted octanol–water partition coefficient (Wildman–Crippen LogP) is 2.82. The minimum Gasteiger partial charge on any atom is -0.371 e. The molecule has 0 bridgehead atoms. The van der Waals surface area contributed by atoms with E-state index in [0.29, 0.717) is 5.92 Å². The van der Waals surface area contributed by atoms with Gasteiger partial charge in [-0.2, -0.15) is 0 Å². The summed E-state index contributed by atoms with van der Waals surface area (Å²) in [7, 11) is 0. The van der Waals surface area contributed by atoms with E-state index in [1.807, 2.05) is 6.92 Å². The highest BCUT2D eigenvalue weighted by atomic mass is 79.9. The Bertz CT molecular complexity index is 496. The van der Waals surface area contributed by atoms with Crippen molar-refractivity contribution >= 4 is 27.5 Å². The quantitative estimate of drug-likeness (QED) is 0.874. The van der Waals surface area contributed by atoms with E-state index in [0.717, 1.165) is 42.5 Å². The molecule has 1 aromatic carbocycles. The van der Waals surface area contributed by atoms with E-state index in [2.05, 4.69) is 44.3 Å². The average Bonchev–Trinajstić information content (AvgIpc) is 2.45. The van der Waals surface area contributed by atoms with Crippen molar-refractivity contribution in [3.8, 4) is 0 Å². The van der Waals surface area contributed by atoms with Crippen molar-refractivity contribution in [2.24, 2.45) is 11.7 Å². The second kappa shape index (κ2) is 7.27. The van der Waals surface area contributed by atoms with Crippen LogP contribution in [0.3, 0.4) is 0 Å². The Morgan fingerprint density at radius 2 is 2.14 bits per heavy atom. The number of carbonyl (C=O) groups excluding carboxylic acids is 1. The third-order valence-electron chi connectivity index (χ3n) is 4.09. The Kier molecular flexibility index (Phi) is 5.65. The number of nitrogens with one attached hydrogen (secondary N) is 1. The molecule has 0 radical (unpaired) electrons. The number of piperidine rings is 1. The lowest BCUT2D eigenvalue weighted by atomic mass is 9.96. The molecule has 1 heterocycles. The molecule has 1 aliphatic rings. The summed E-state index contributed by atoms with van der Waals surface area (Å²) in [6, 6.07) is 6.42. The maximum Gasteiger partial charge on any atom is 0.216 e. The third-order valence-corrected chi connectivity index (χ3v) is 4.73. The minimum atomic E-state index is 0.0544. The van der Waals surface area contributed by atoms with Gasteiger partial charge in [-0.15, -0.1) is 0 Å². The number of carbonyl (C=O) groups is 1. The summed E-state index contributed by atoms with van der Waals surface area (Å²) >= 11 is 3.66. The highest BCUT2D eigenvalue weighted by molar-refractivity contribution is 9.10. The SMILES string of the molecule is CC(=O)NCC1CCN(c2ccc(C(C)N)cc2Br)CC1. The molecule has 0 spiro atoms. The Hall–Kier alpha value is -1.07. The van der Waals surface area contributed by atoms with E-state index in [4.69, 9.17) is 5.73 Å². The lowest BCUT2D eigenvalue weighted by molar-refractivity contribution is -0.119. The monoisotopic (exact) mass is 353 g/mol. The van der Waals surface area contributed by atoms with Crippen LogP contribution in [0.25, 0.3) is 0 Å². The van der Waals surface area contributed by atoms with Crippen LogP contribution in [-0.2, 0) is 4.79 Å². The summed E-state index contributed by atoms with van der Waals surface area (Å²) in [4.78, 5) is 13.4. The summed E-state index contributed by atoms with van der Waals surface area (Å²) < 4.78 is 1.11. The van der Waals surface area contributed by atoms with Gasteiger partial charge in [0.05, 0.1) is 5.69 Å². The highest BCUT2D eigenvalue weighted by Crippen LogP contribution is 2.31. The van der Waals surface area contributed by atoms with Crippen LogP contribution in [0.2, 0.25) is 0 Å². The molecule has 1 saturated heterocycles. The first-order valence-electron chi connectivity index (χ1n) is 7.51. The molecule has 1 aromatic rings. The smallest absolute Gasteiger partial charge is 0.216 e. The molecule has 21 heavy (non-hydrogen) atoms. The fourth-order valence-electron chi connectivity index (χ4n) is 2.73. The molecule has 4 nitrogen and oxygen atoms in total. The summed E-state index contributed by atoms with van der Waals surface area (Å²) in [6.07, 6.45) is 2.23. The van der Waals surface area contributed by atoms with Crippen molar-refractivity contribution in [2.45, 2.75) is 32.7 Å². The lowest BCUT2D eigenvalue weighted by Crippen LogP contribution is -2.38. The van der Waals surface area contributed by atoms with Crippen LogP contribution in [0.4, 0.5) is 5.69 Å². The summed E-state index contributed by atoms with van der Waals surface area (Å²) in [5, 5.41) is 2.92. The number of nitrogens with two attached hydrogens (primary N) is 1. The van der Waals surface area contributed by atoms with E-state index in [1.165, 1.54) is 5.69 Å². The molecule has 5 heteroatoms. The zero-order chi connectivity index (χ0) is 15.4. The number of hydrogen-bond donors (Lipinski definition) is 2. The van der Waals surface area contributed by atoms with Crippen LogP contribution in [0.5, 0.6) is 0 Å².